The van der Waals surface area contributed by atoms with E-state index >= 15 is 0 Å². The summed E-state index contributed by atoms with van der Waals surface area (Å²) in [6, 6.07) is 6.81. The van der Waals surface area contributed by atoms with E-state index in [0.717, 1.165) is 0 Å². The summed E-state index contributed by atoms with van der Waals surface area (Å²) in [6.07, 6.45) is 0.124. The fourth-order valence-corrected chi connectivity index (χ4v) is 4.53. The first-order valence-electron chi connectivity index (χ1n) is 7.64. The number of sulfone groups is 1. The van der Waals surface area contributed by atoms with Crippen LogP contribution in [0.25, 0.3) is 0 Å². The number of benzene rings is 2. The van der Waals surface area contributed by atoms with Crippen molar-refractivity contribution in [2.24, 2.45) is 0 Å². The van der Waals surface area contributed by atoms with E-state index in [4.69, 9.17) is 15.5 Å². The Bertz CT molecular complexity index is 919. The van der Waals surface area contributed by atoms with E-state index in [9.17, 15) is 17.8 Å². The van der Waals surface area contributed by atoms with Gasteiger partial charge in [-0.15, -0.1) is 0 Å². The lowest BCUT2D eigenvalue weighted by atomic mass is 9.79. The third-order valence-electron chi connectivity index (χ3n) is 4.12. The summed E-state index contributed by atoms with van der Waals surface area (Å²) in [5, 5.41) is 18.9. The molecule has 4 N–H and O–H groups in total. The van der Waals surface area contributed by atoms with Crippen molar-refractivity contribution in [3.63, 3.8) is 0 Å². The Balaban J connectivity index is 1.99. The van der Waals surface area contributed by atoms with Crippen LogP contribution in [0, 0.1) is 5.82 Å². The number of rotatable bonds is 5. The van der Waals surface area contributed by atoms with Gasteiger partial charge in [-0.05, 0) is 47.3 Å². The van der Waals surface area contributed by atoms with Crippen LogP contribution in [0.1, 0.15) is 16.7 Å². The summed E-state index contributed by atoms with van der Waals surface area (Å²) in [7, 11) is -5.05. The lowest BCUT2D eigenvalue weighted by molar-refractivity contribution is 0.275. The molecule has 0 fully saturated rings. The van der Waals surface area contributed by atoms with Gasteiger partial charge in [-0.1, -0.05) is 6.07 Å². The van der Waals surface area contributed by atoms with Gasteiger partial charge in [0.1, 0.15) is 5.82 Å². The van der Waals surface area contributed by atoms with Crippen LogP contribution in [0.15, 0.2) is 35.2 Å². The molecule has 1 aliphatic heterocycles. The standard InChI is InChI=1S/C16H17BFNO5S/c18-15-7-11-8-24-17(21)14(11)6-12(15)9-25(22,23)16-2-1-13(19)5-10(16)3-4-20/h1-2,5-7,20-21H,3-4,8-9,19H2. The van der Waals surface area contributed by atoms with Crippen LogP contribution >= 0.6 is 0 Å². The van der Waals surface area contributed by atoms with Gasteiger partial charge in [0.2, 0.25) is 0 Å². The number of nitrogen functional groups attached to an aromatic ring is 1. The van der Waals surface area contributed by atoms with Gasteiger partial charge in [0.25, 0.3) is 0 Å². The average Bonchev–Trinajstić information content (AvgIpc) is 2.88. The van der Waals surface area contributed by atoms with Crippen molar-refractivity contribution in [3.05, 3.63) is 52.8 Å². The molecule has 0 atom stereocenters. The first-order chi connectivity index (χ1) is 11.8. The Hall–Kier alpha value is -1.94. The van der Waals surface area contributed by atoms with Crippen molar-refractivity contribution in [2.45, 2.75) is 23.7 Å². The quantitative estimate of drug-likeness (QED) is 0.514. The maximum Gasteiger partial charge on any atom is 0.491 e. The van der Waals surface area contributed by atoms with Crippen molar-refractivity contribution >= 4 is 28.1 Å². The smallest absolute Gasteiger partial charge is 0.423 e. The molecule has 25 heavy (non-hydrogen) atoms. The highest BCUT2D eigenvalue weighted by Gasteiger charge is 2.30. The molecule has 3 rings (SSSR count). The number of aliphatic hydroxyl groups excluding tert-OH is 1. The van der Waals surface area contributed by atoms with Gasteiger partial charge in [-0.25, -0.2) is 12.8 Å². The molecule has 132 valence electrons. The van der Waals surface area contributed by atoms with Crippen LogP contribution in [0.3, 0.4) is 0 Å². The molecule has 0 unspecified atom stereocenters. The van der Waals surface area contributed by atoms with Crippen LogP contribution in [0.4, 0.5) is 10.1 Å². The third-order valence-corrected chi connectivity index (χ3v) is 5.88. The van der Waals surface area contributed by atoms with Crippen molar-refractivity contribution in [1.29, 1.82) is 0 Å². The monoisotopic (exact) mass is 365 g/mol. The summed E-state index contributed by atoms with van der Waals surface area (Å²) >= 11 is 0. The Morgan fingerprint density at radius 1 is 1.24 bits per heavy atom. The lowest BCUT2D eigenvalue weighted by Crippen LogP contribution is -2.29. The van der Waals surface area contributed by atoms with Gasteiger partial charge in [0, 0.05) is 17.9 Å². The molecule has 0 saturated heterocycles. The SMILES string of the molecule is Nc1ccc(S(=O)(=O)Cc2cc3c(cc2F)COB3O)c(CCO)c1. The van der Waals surface area contributed by atoms with Crippen LogP contribution in [-0.2, 0) is 33.3 Å². The zero-order valence-electron chi connectivity index (χ0n) is 13.3. The molecule has 0 aliphatic carbocycles. The second-order valence-corrected chi connectivity index (χ2v) is 7.86. The van der Waals surface area contributed by atoms with E-state index in [1.165, 1.54) is 30.3 Å². The summed E-state index contributed by atoms with van der Waals surface area (Å²) in [5.74, 6) is -1.24. The van der Waals surface area contributed by atoms with Gasteiger partial charge in [-0.3, -0.25) is 0 Å². The number of hydrogen-bond acceptors (Lipinski definition) is 6. The van der Waals surface area contributed by atoms with E-state index in [2.05, 4.69) is 0 Å². The summed E-state index contributed by atoms with van der Waals surface area (Å²) < 4.78 is 44.8. The van der Waals surface area contributed by atoms with Crippen molar-refractivity contribution in [3.8, 4) is 0 Å². The summed E-state index contributed by atoms with van der Waals surface area (Å²) in [4.78, 5) is 0.00690. The Kier molecular flexibility index (Phi) is 4.83. The number of aliphatic hydroxyl groups is 1. The molecular formula is C16H17BFNO5S. The van der Waals surface area contributed by atoms with Gasteiger partial charge >= 0.3 is 7.12 Å². The lowest BCUT2D eigenvalue weighted by Gasteiger charge is -2.12. The molecule has 0 bridgehead atoms. The molecule has 0 amide bonds. The van der Waals surface area contributed by atoms with E-state index < -0.39 is 28.5 Å². The molecule has 2 aromatic carbocycles. The Morgan fingerprint density at radius 2 is 2.00 bits per heavy atom. The van der Waals surface area contributed by atoms with E-state index in [0.29, 0.717) is 22.3 Å². The second-order valence-electron chi connectivity index (χ2n) is 5.91. The molecular weight excluding hydrogens is 348 g/mol. The second kappa shape index (κ2) is 6.76. The molecule has 0 saturated carbocycles. The zero-order valence-corrected chi connectivity index (χ0v) is 14.1. The number of hydrogen-bond donors (Lipinski definition) is 3. The van der Waals surface area contributed by atoms with Crippen molar-refractivity contribution < 1.29 is 27.6 Å². The number of anilines is 1. The fraction of sp³-hybridized carbons (Fsp3) is 0.250. The maximum atomic E-state index is 14.3. The van der Waals surface area contributed by atoms with Crippen molar-refractivity contribution in [2.75, 3.05) is 12.3 Å². The normalized spacial score (nSPS) is 14.0. The molecule has 1 heterocycles. The molecule has 2 aromatic rings. The largest absolute Gasteiger partial charge is 0.491 e. The number of nitrogens with two attached hydrogens (primary N) is 1. The predicted molar refractivity (Wildman–Crippen MR) is 91.3 cm³/mol. The van der Waals surface area contributed by atoms with Crippen LogP contribution in [-0.4, -0.2) is 32.3 Å². The predicted octanol–water partition coefficient (Wildman–Crippen LogP) is 0.134. The minimum absolute atomic E-state index is 0.00690. The first kappa shape index (κ1) is 17.9. The van der Waals surface area contributed by atoms with Crippen LogP contribution < -0.4 is 11.2 Å². The highest BCUT2D eigenvalue weighted by atomic mass is 32.2. The van der Waals surface area contributed by atoms with E-state index in [1.807, 2.05) is 0 Å². The van der Waals surface area contributed by atoms with Crippen molar-refractivity contribution in [1.82, 2.24) is 0 Å². The molecule has 1 aliphatic rings. The fourth-order valence-electron chi connectivity index (χ4n) is 2.90. The van der Waals surface area contributed by atoms with Gasteiger partial charge < -0.3 is 20.5 Å². The summed E-state index contributed by atoms with van der Waals surface area (Å²) in [6.45, 7) is -0.151. The van der Waals surface area contributed by atoms with Crippen LogP contribution in [0.2, 0.25) is 0 Å². The van der Waals surface area contributed by atoms with Gasteiger partial charge in [-0.2, -0.15) is 0 Å². The van der Waals surface area contributed by atoms with Crippen LogP contribution in [0.5, 0.6) is 0 Å². The van der Waals surface area contributed by atoms with E-state index in [1.54, 1.807) is 0 Å². The van der Waals surface area contributed by atoms with Gasteiger partial charge in [0.05, 0.1) is 17.3 Å². The zero-order chi connectivity index (χ0) is 18.2. The highest BCUT2D eigenvalue weighted by molar-refractivity contribution is 7.90. The molecule has 0 aromatic heterocycles. The molecule has 0 radical (unpaired) electrons. The maximum absolute atomic E-state index is 14.3. The third kappa shape index (κ3) is 3.54. The molecule has 6 nitrogen and oxygen atoms in total. The number of fused-ring (bicyclic) bond motifs is 1. The first-order valence-corrected chi connectivity index (χ1v) is 9.30. The summed E-state index contributed by atoms with van der Waals surface area (Å²) in [5.41, 5.74) is 7.27. The van der Waals surface area contributed by atoms with Gasteiger partial charge in [0.15, 0.2) is 9.84 Å². The average molecular weight is 365 g/mol. The highest BCUT2D eigenvalue weighted by Crippen LogP contribution is 2.25. The molecule has 9 heteroatoms. The molecule has 0 spiro atoms. The van der Waals surface area contributed by atoms with E-state index in [-0.39, 0.29) is 30.1 Å². The minimum atomic E-state index is -3.87. The minimum Gasteiger partial charge on any atom is -0.423 e. The topological polar surface area (TPSA) is 110 Å². The number of halogens is 1. The Labute approximate surface area is 145 Å². The Morgan fingerprint density at radius 3 is 2.72 bits per heavy atom.